The maximum atomic E-state index is 10.9. The predicted octanol–water partition coefficient (Wildman–Crippen LogP) is 0.106. The number of carbonyl (C=O) groups excluding carboxylic acids is 1. The van der Waals surface area contributed by atoms with Crippen LogP contribution >= 0.6 is 0 Å². The van der Waals surface area contributed by atoms with Crippen LogP contribution in [-0.2, 0) is 4.79 Å². The fraction of sp³-hybridized carbons (Fsp3) is 0.556. The van der Waals surface area contributed by atoms with Gasteiger partial charge in [-0.1, -0.05) is 13.8 Å². The molecule has 0 heterocycles. The quantitative estimate of drug-likeness (QED) is 0.382. The molecule has 0 aliphatic rings. The van der Waals surface area contributed by atoms with Gasteiger partial charge in [0.15, 0.2) is 0 Å². The van der Waals surface area contributed by atoms with E-state index in [0.717, 1.165) is 0 Å². The van der Waals surface area contributed by atoms with Crippen LogP contribution in [0.25, 0.3) is 0 Å². The molecule has 5 heteroatoms. The molecule has 0 aliphatic heterocycles. The van der Waals surface area contributed by atoms with Crippen molar-refractivity contribution in [1.29, 1.82) is 0 Å². The summed E-state index contributed by atoms with van der Waals surface area (Å²) in [6, 6.07) is 0. The standard InChI is InChI=1S/C9H18N4O/c1-7(2)6-12-13(4)8(10)5-9(14)11-3/h5-7H,10H2,1-4H3,(H,11,14)/b8-5+,12-6+. The summed E-state index contributed by atoms with van der Waals surface area (Å²) in [5.41, 5.74) is 5.59. The molecule has 0 saturated heterocycles. The highest BCUT2D eigenvalue weighted by Crippen LogP contribution is 1.95. The zero-order chi connectivity index (χ0) is 11.1. The molecule has 0 radical (unpaired) electrons. The highest BCUT2D eigenvalue weighted by Gasteiger charge is 1.99. The Morgan fingerprint density at radius 1 is 1.57 bits per heavy atom. The topological polar surface area (TPSA) is 70.7 Å². The van der Waals surface area contributed by atoms with Crippen LogP contribution in [-0.4, -0.2) is 31.2 Å². The molecule has 0 fully saturated rings. The summed E-state index contributed by atoms with van der Waals surface area (Å²) >= 11 is 0. The van der Waals surface area contributed by atoms with Crippen molar-refractivity contribution >= 4 is 12.1 Å². The molecule has 5 nitrogen and oxygen atoms in total. The summed E-state index contributed by atoms with van der Waals surface area (Å²) in [5, 5.41) is 7.94. The summed E-state index contributed by atoms with van der Waals surface area (Å²) in [5.74, 6) is 0.417. The number of likely N-dealkylation sites (N-methyl/N-ethyl adjacent to an activating group) is 1. The number of amides is 1. The minimum absolute atomic E-state index is 0.242. The summed E-state index contributed by atoms with van der Waals surface area (Å²) in [4.78, 5) is 10.9. The van der Waals surface area contributed by atoms with E-state index in [9.17, 15) is 4.79 Å². The van der Waals surface area contributed by atoms with Crippen molar-refractivity contribution in [3.63, 3.8) is 0 Å². The van der Waals surface area contributed by atoms with Gasteiger partial charge in [-0.05, 0) is 5.92 Å². The number of carbonyl (C=O) groups is 1. The lowest BCUT2D eigenvalue weighted by atomic mass is 10.3. The van der Waals surface area contributed by atoms with Gasteiger partial charge in [-0.2, -0.15) is 5.10 Å². The molecule has 0 aromatic rings. The van der Waals surface area contributed by atoms with Crippen molar-refractivity contribution in [2.75, 3.05) is 14.1 Å². The third-order valence-electron chi connectivity index (χ3n) is 1.44. The van der Waals surface area contributed by atoms with E-state index in [2.05, 4.69) is 10.4 Å². The van der Waals surface area contributed by atoms with Crippen LogP contribution in [0.5, 0.6) is 0 Å². The second kappa shape index (κ2) is 6.01. The molecule has 0 atom stereocenters. The largest absolute Gasteiger partial charge is 0.384 e. The number of hydrogen-bond acceptors (Lipinski definition) is 4. The van der Waals surface area contributed by atoms with E-state index in [4.69, 9.17) is 5.73 Å². The number of nitrogens with two attached hydrogens (primary N) is 1. The van der Waals surface area contributed by atoms with E-state index < -0.39 is 0 Å². The minimum Gasteiger partial charge on any atom is -0.384 e. The van der Waals surface area contributed by atoms with Crippen molar-refractivity contribution in [2.24, 2.45) is 16.8 Å². The third-order valence-corrected chi connectivity index (χ3v) is 1.44. The molecule has 80 valence electrons. The lowest BCUT2D eigenvalue weighted by Gasteiger charge is -2.12. The SMILES string of the molecule is CNC(=O)/C=C(\N)N(C)/N=C/C(C)C. The second-order valence-electron chi connectivity index (χ2n) is 3.22. The van der Waals surface area contributed by atoms with Crippen LogP contribution in [0.15, 0.2) is 17.0 Å². The molecule has 0 aromatic carbocycles. The maximum absolute atomic E-state index is 10.9. The number of nitrogens with one attached hydrogen (secondary N) is 1. The first kappa shape index (κ1) is 12.5. The first-order valence-electron chi connectivity index (χ1n) is 4.44. The summed E-state index contributed by atoms with van der Waals surface area (Å²) < 4.78 is 0. The van der Waals surface area contributed by atoms with Gasteiger partial charge in [-0.3, -0.25) is 9.80 Å². The van der Waals surface area contributed by atoms with Gasteiger partial charge < -0.3 is 11.1 Å². The van der Waals surface area contributed by atoms with Crippen molar-refractivity contribution in [1.82, 2.24) is 10.3 Å². The number of hydrogen-bond donors (Lipinski definition) is 2. The molecular weight excluding hydrogens is 180 g/mol. The lowest BCUT2D eigenvalue weighted by molar-refractivity contribution is -0.116. The number of nitrogens with zero attached hydrogens (tertiary/aromatic N) is 2. The second-order valence-corrected chi connectivity index (χ2v) is 3.22. The Balaban J connectivity index is 4.31. The Labute approximate surface area is 84.6 Å². The van der Waals surface area contributed by atoms with Crippen LogP contribution in [0.2, 0.25) is 0 Å². The fourth-order valence-corrected chi connectivity index (χ4v) is 0.600. The molecule has 0 aliphatic carbocycles. The summed E-state index contributed by atoms with van der Waals surface area (Å²) in [7, 11) is 3.23. The van der Waals surface area contributed by atoms with E-state index in [1.165, 1.54) is 11.1 Å². The predicted molar refractivity (Wildman–Crippen MR) is 57.4 cm³/mol. The Hall–Kier alpha value is -1.52. The Morgan fingerprint density at radius 2 is 2.14 bits per heavy atom. The van der Waals surface area contributed by atoms with Crippen LogP contribution in [0.4, 0.5) is 0 Å². The molecule has 3 N–H and O–H groups in total. The molecule has 14 heavy (non-hydrogen) atoms. The van der Waals surface area contributed by atoms with Crippen LogP contribution in [0, 0.1) is 5.92 Å². The molecule has 0 rings (SSSR count). The average Bonchev–Trinajstić information content (AvgIpc) is 2.13. The van der Waals surface area contributed by atoms with Crippen molar-refractivity contribution in [3.05, 3.63) is 11.9 Å². The summed E-state index contributed by atoms with van der Waals surface area (Å²) in [6.45, 7) is 4.02. The normalized spacial score (nSPS) is 12.2. The van der Waals surface area contributed by atoms with Crippen LogP contribution in [0.1, 0.15) is 13.8 Å². The van der Waals surface area contributed by atoms with Gasteiger partial charge in [0, 0.05) is 26.4 Å². The third kappa shape index (κ3) is 5.18. The van der Waals surface area contributed by atoms with E-state index in [0.29, 0.717) is 11.7 Å². The zero-order valence-electron chi connectivity index (χ0n) is 9.11. The van der Waals surface area contributed by atoms with E-state index in [1.807, 2.05) is 13.8 Å². The molecule has 0 saturated carbocycles. The number of rotatable bonds is 4. The first-order valence-corrected chi connectivity index (χ1v) is 4.44. The fourth-order valence-electron chi connectivity index (χ4n) is 0.600. The van der Waals surface area contributed by atoms with Gasteiger partial charge in [0.1, 0.15) is 5.82 Å². The minimum atomic E-state index is -0.242. The smallest absolute Gasteiger partial charge is 0.247 e. The molecule has 0 unspecified atom stereocenters. The van der Waals surface area contributed by atoms with Gasteiger partial charge >= 0.3 is 0 Å². The molecular formula is C9H18N4O. The van der Waals surface area contributed by atoms with Gasteiger partial charge in [-0.15, -0.1) is 0 Å². The van der Waals surface area contributed by atoms with Gasteiger partial charge in [0.25, 0.3) is 0 Å². The highest BCUT2D eigenvalue weighted by molar-refractivity contribution is 5.87. The zero-order valence-corrected chi connectivity index (χ0v) is 9.11. The number of hydrazone groups is 1. The van der Waals surface area contributed by atoms with E-state index in [-0.39, 0.29) is 5.91 Å². The Morgan fingerprint density at radius 3 is 2.57 bits per heavy atom. The van der Waals surface area contributed by atoms with E-state index >= 15 is 0 Å². The van der Waals surface area contributed by atoms with Crippen LogP contribution in [0.3, 0.4) is 0 Å². The average molecular weight is 198 g/mol. The molecule has 0 spiro atoms. The maximum Gasteiger partial charge on any atom is 0.247 e. The summed E-state index contributed by atoms with van der Waals surface area (Å²) in [6.07, 6.45) is 3.04. The molecule has 0 bridgehead atoms. The van der Waals surface area contributed by atoms with Crippen molar-refractivity contribution < 1.29 is 4.79 Å². The van der Waals surface area contributed by atoms with Crippen LogP contribution < -0.4 is 11.1 Å². The molecule has 1 amide bonds. The Bertz CT molecular complexity index is 245. The highest BCUT2D eigenvalue weighted by atomic mass is 16.1. The first-order chi connectivity index (χ1) is 6.47. The van der Waals surface area contributed by atoms with Crippen molar-refractivity contribution in [2.45, 2.75) is 13.8 Å². The van der Waals surface area contributed by atoms with Gasteiger partial charge in [-0.25, -0.2) is 0 Å². The lowest BCUT2D eigenvalue weighted by Crippen LogP contribution is -2.23. The Kier molecular flexibility index (Phi) is 5.36. The molecule has 0 aromatic heterocycles. The van der Waals surface area contributed by atoms with Gasteiger partial charge in [0.05, 0.1) is 0 Å². The monoisotopic (exact) mass is 198 g/mol. The van der Waals surface area contributed by atoms with E-state index in [1.54, 1.807) is 20.3 Å². The van der Waals surface area contributed by atoms with Crippen molar-refractivity contribution in [3.8, 4) is 0 Å². The van der Waals surface area contributed by atoms with Gasteiger partial charge in [0.2, 0.25) is 5.91 Å².